The van der Waals surface area contributed by atoms with Crippen LogP contribution in [0.25, 0.3) is 0 Å². The smallest absolute Gasteiger partial charge is 0.437 e. The summed E-state index contributed by atoms with van der Waals surface area (Å²) in [4.78, 5) is 51.6. The summed E-state index contributed by atoms with van der Waals surface area (Å²) in [6.07, 6.45) is 4.68. The number of hydrogen-bond donors (Lipinski definition) is 2. The van der Waals surface area contributed by atoms with Gasteiger partial charge in [0.05, 0.1) is 12.1 Å². The van der Waals surface area contributed by atoms with Gasteiger partial charge in [0.1, 0.15) is 12.6 Å². The number of ketones is 1. The van der Waals surface area contributed by atoms with E-state index in [2.05, 4.69) is 15.7 Å². The summed E-state index contributed by atoms with van der Waals surface area (Å²) in [5, 5.41) is 9.61. The highest BCUT2D eigenvalue weighted by Gasteiger charge is 2.32. The lowest BCUT2D eigenvalue weighted by molar-refractivity contribution is -0.124. The van der Waals surface area contributed by atoms with Gasteiger partial charge in [0.25, 0.3) is 5.89 Å². The molecule has 0 saturated heterocycles. The van der Waals surface area contributed by atoms with Gasteiger partial charge in [0.2, 0.25) is 11.7 Å². The van der Waals surface area contributed by atoms with Crippen molar-refractivity contribution < 1.29 is 23.5 Å². The summed E-state index contributed by atoms with van der Waals surface area (Å²) in [7, 11) is 0. The molecule has 38 heavy (non-hydrogen) atoms. The summed E-state index contributed by atoms with van der Waals surface area (Å²) in [6.45, 7) is 7.78. The predicted molar refractivity (Wildman–Crippen MR) is 142 cm³/mol. The molecule has 0 aliphatic heterocycles. The van der Waals surface area contributed by atoms with Crippen LogP contribution in [0.2, 0.25) is 0 Å². The van der Waals surface area contributed by atoms with Crippen molar-refractivity contribution in [2.45, 2.75) is 97.4 Å². The molecule has 2 amide bonds. The van der Waals surface area contributed by atoms with E-state index in [1.807, 2.05) is 58.0 Å². The van der Waals surface area contributed by atoms with E-state index < -0.39 is 35.6 Å². The third-order valence-corrected chi connectivity index (χ3v) is 6.57. The Morgan fingerprint density at radius 1 is 0.974 bits per heavy atom. The molecular formula is C28H40N4O6. The second kappa shape index (κ2) is 13.9. The molecular weight excluding hydrogens is 488 g/mol. The molecule has 1 aliphatic rings. The largest absolute Gasteiger partial charge is 0.445 e. The van der Waals surface area contributed by atoms with Crippen molar-refractivity contribution >= 4 is 17.8 Å². The number of aromatic nitrogens is 2. The number of hydrogen-bond acceptors (Lipinski definition) is 7. The van der Waals surface area contributed by atoms with Gasteiger partial charge < -0.3 is 19.8 Å². The molecule has 1 heterocycles. The van der Waals surface area contributed by atoms with E-state index in [0.717, 1.165) is 37.7 Å². The van der Waals surface area contributed by atoms with E-state index in [-0.39, 0.29) is 30.4 Å². The van der Waals surface area contributed by atoms with Crippen LogP contribution >= 0.6 is 0 Å². The van der Waals surface area contributed by atoms with E-state index in [4.69, 9.17) is 9.15 Å². The van der Waals surface area contributed by atoms with Crippen LogP contribution in [0.4, 0.5) is 4.79 Å². The van der Waals surface area contributed by atoms with E-state index in [0.29, 0.717) is 12.8 Å². The van der Waals surface area contributed by atoms with Crippen LogP contribution in [0, 0.1) is 11.8 Å². The van der Waals surface area contributed by atoms with E-state index in [9.17, 15) is 19.2 Å². The number of nitrogens with one attached hydrogen (secondary N) is 2. The van der Waals surface area contributed by atoms with Crippen LogP contribution in [-0.2, 0) is 16.1 Å². The first kappa shape index (κ1) is 29.1. The maximum Gasteiger partial charge on any atom is 0.437 e. The van der Waals surface area contributed by atoms with Crippen molar-refractivity contribution in [1.29, 1.82) is 0 Å². The molecule has 1 saturated carbocycles. The minimum absolute atomic E-state index is 0.0590. The van der Waals surface area contributed by atoms with Gasteiger partial charge in [-0.05, 0) is 43.1 Å². The maximum absolute atomic E-state index is 13.4. The zero-order valence-corrected chi connectivity index (χ0v) is 22.8. The Bertz CT molecular complexity index is 1120. The number of alkyl carbamates (subject to hydrolysis) is 1. The maximum atomic E-state index is 13.4. The van der Waals surface area contributed by atoms with Gasteiger partial charge in [0, 0.05) is 0 Å². The molecule has 208 valence electrons. The number of carbonyl (C=O) groups excluding carboxylic acids is 3. The van der Waals surface area contributed by atoms with E-state index in [1.54, 1.807) is 0 Å². The van der Waals surface area contributed by atoms with Gasteiger partial charge in [-0.25, -0.2) is 9.59 Å². The predicted octanol–water partition coefficient (Wildman–Crippen LogP) is 4.40. The molecule has 1 aromatic carbocycles. The fraction of sp³-hybridized carbons (Fsp3) is 0.607. The van der Waals surface area contributed by atoms with E-state index >= 15 is 0 Å². The number of nitrogens with zero attached hydrogens (tertiary/aromatic N) is 2. The number of rotatable bonds is 12. The van der Waals surface area contributed by atoms with Crippen molar-refractivity contribution in [2.75, 3.05) is 0 Å². The minimum atomic E-state index is -0.961. The van der Waals surface area contributed by atoms with Crippen LogP contribution in [0.15, 0.2) is 39.5 Å². The number of amides is 2. The molecule has 0 bridgehead atoms. The van der Waals surface area contributed by atoms with Crippen molar-refractivity contribution in [3.63, 3.8) is 0 Å². The summed E-state index contributed by atoms with van der Waals surface area (Å²) >= 11 is 0. The lowest BCUT2D eigenvalue weighted by atomic mass is 9.96. The lowest BCUT2D eigenvalue weighted by Gasteiger charge is -2.24. The van der Waals surface area contributed by atoms with Crippen LogP contribution < -0.4 is 16.4 Å². The number of carbonyl (C=O) groups is 3. The molecule has 0 radical (unpaired) electrons. The Hall–Kier alpha value is -3.43. The fourth-order valence-electron chi connectivity index (χ4n) is 4.68. The van der Waals surface area contributed by atoms with Crippen LogP contribution in [0.5, 0.6) is 0 Å². The molecule has 0 unspecified atom stereocenters. The first-order valence-electron chi connectivity index (χ1n) is 13.6. The summed E-state index contributed by atoms with van der Waals surface area (Å²) in [5.41, 5.74) is 0.823. The summed E-state index contributed by atoms with van der Waals surface area (Å²) < 4.78 is 11.8. The Labute approximate surface area is 223 Å². The Kier molecular flexibility index (Phi) is 10.7. The quantitative estimate of drug-likeness (QED) is 0.390. The molecule has 2 N–H and O–H groups in total. The van der Waals surface area contributed by atoms with Gasteiger partial charge in [0.15, 0.2) is 0 Å². The second-order valence-corrected chi connectivity index (χ2v) is 10.9. The molecule has 2 atom stereocenters. The number of ether oxygens (including phenoxy) is 1. The summed E-state index contributed by atoms with van der Waals surface area (Å²) in [5.74, 6) is -1.89. The fourth-order valence-corrected chi connectivity index (χ4v) is 4.68. The normalized spacial score (nSPS) is 15.7. The average Bonchev–Trinajstić information content (AvgIpc) is 3.28. The molecule has 3 rings (SSSR count). The van der Waals surface area contributed by atoms with Crippen molar-refractivity contribution in [1.82, 2.24) is 20.4 Å². The zero-order chi connectivity index (χ0) is 27.7. The SMILES string of the molecule is CC(C)C[C@H](NC(=O)OCc1ccccc1)C(=O)N[C@@H](CC(C)C)C(=O)c1nn(C2CCCCC2)c(=O)o1. The van der Waals surface area contributed by atoms with Gasteiger partial charge in [-0.1, -0.05) is 77.3 Å². The Balaban J connectivity index is 1.70. The van der Waals surface area contributed by atoms with Crippen molar-refractivity contribution in [2.24, 2.45) is 11.8 Å². The molecule has 0 spiro atoms. The first-order chi connectivity index (χ1) is 18.1. The average molecular weight is 529 g/mol. The molecule has 10 nitrogen and oxygen atoms in total. The monoisotopic (exact) mass is 528 g/mol. The van der Waals surface area contributed by atoms with E-state index in [1.165, 1.54) is 4.68 Å². The number of Topliss-reactive ketones (excluding diaryl/α,β-unsaturated/α-hetero) is 1. The van der Waals surface area contributed by atoms with Crippen molar-refractivity contribution in [3.05, 3.63) is 52.3 Å². The third kappa shape index (κ3) is 8.56. The highest BCUT2D eigenvalue weighted by atomic mass is 16.5. The van der Waals surface area contributed by atoms with Crippen molar-refractivity contribution in [3.8, 4) is 0 Å². The van der Waals surface area contributed by atoms with Gasteiger partial charge in [-0.15, -0.1) is 5.10 Å². The third-order valence-electron chi connectivity index (χ3n) is 6.57. The first-order valence-corrected chi connectivity index (χ1v) is 13.6. The summed E-state index contributed by atoms with van der Waals surface area (Å²) in [6, 6.07) is 7.28. The Morgan fingerprint density at radius 2 is 1.61 bits per heavy atom. The standard InChI is InChI=1S/C28H40N4O6/c1-18(2)15-22(24(33)26-31-32(28(36)38-26)21-13-9-6-10-14-21)29-25(34)23(16-19(3)4)30-27(35)37-17-20-11-7-5-8-12-20/h5,7-8,11-12,18-19,21-23H,6,9-10,13-17H2,1-4H3,(H,29,34)(H,30,35)/t22-,23-/m0/s1. The zero-order valence-electron chi connectivity index (χ0n) is 22.8. The Morgan fingerprint density at radius 3 is 2.24 bits per heavy atom. The molecule has 2 aromatic rings. The molecule has 1 aromatic heterocycles. The minimum Gasteiger partial charge on any atom is -0.445 e. The highest BCUT2D eigenvalue weighted by Crippen LogP contribution is 2.26. The molecule has 10 heteroatoms. The van der Waals surface area contributed by atoms with Crippen LogP contribution in [-0.4, -0.2) is 39.6 Å². The molecule has 1 fully saturated rings. The molecule has 1 aliphatic carbocycles. The number of benzene rings is 1. The highest BCUT2D eigenvalue weighted by molar-refractivity contribution is 5.99. The second-order valence-electron chi connectivity index (χ2n) is 10.9. The van der Waals surface area contributed by atoms with Gasteiger partial charge in [-0.3, -0.25) is 9.59 Å². The topological polar surface area (TPSA) is 133 Å². The van der Waals surface area contributed by atoms with Gasteiger partial charge in [-0.2, -0.15) is 4.68 Å². The van der Waals surface area contributed by atoms with Crippen LogP contribution in [0.1, 0.15) is 94.9 Å². The van der Waals surface area contributed by atoms with Crippen LogP contribution in [0.3, 0.4) is 0 Å². The van der Waals surface area contributed by atoms with Gasteiger partial charge >= 0.3 is 11.8 Å². The lowest BCUT2D eigenvalue weighted by Crippen LogP contribution is -2.52.